The van der Waals surface area contributed by atoms with Crippen LogP contribution in [0, 0.1) is 11.8 Å². The molecule has 1 aromatic rings. The quantitative estimate of drug-likeness (QED) is 0.763. The maximum absolute atomic E-state index is 11.7. The van der Waals surface area contributed by atoms with Gasteiger partial charge in [-0.05, 0) is 13.0 Å². The number of carbonyl (C=O) groups excluding carboxylic acids is 1. The van der Waals surface area contributed by atoms with Gasteiger partial charge in [-0.2, -0.15) is 0 Å². The van der Waals surface area contributed by atoms with Crippen LogP contribution in [0.15, 0.2) is 11.4 Å². The molecule has 3 nitrogen and oxygen atoms in total. The zero-order valence-corrected chi connectivity index (χ0v) is 9.73. The first-order chi connectivity index (χ1) is 7.19. The van der Waals surface area contributed by atoms with E-state index in [-0.39, 0.29) is 5.91 Å². The average Bonchev–Trinajstić information content (AvgIpc) is 2.72. The van der Waals surface area contributed by atoms with Gasteiger partial charge in [-0.15, -0.1) is 11.3 Å². The summed E-state index contributed by atoms with van der Waals surface area (Å²) in [5, 5.41) is 1.83. The fourth-order valence-electron chi connectivity index (χ4n) is 1.02. The number of nitrogens with two attached hydrogens (primary N) is 1. The van der Waals surface area contributed by atoms with E-state index in [4.69, 9.17) is 5.73 Å². The molecule has 0 aliphatic rings. The monoisotopic (exact) mass is 222 g/mol. The Balaban J connectivity index is 2.80. The molecule has 4 heteroatoms. The number of nitrogens with zero attached hydrogens (tertiary/aromatic N) is 1. The molecule has 1 rings (SSSR count). The van der Waals surface area contributed by atoms with Crippen molar-refractivity contribution in [1.82, 2.24) is 4.90 Å². The first-order valence-corrected chi connectivity index (χ1v) is 5.60. The zero-order valence-electron chi connectivity index (χ0n) is 8.91. The topological polar surface area (TPSA) is 46.3 Å². The van der Waals surface area contributed by atoms with E-state index in [1.165, 1.54) is 11.3 Å². The van der Waals surface area contributed by atoms with Gasteiger partial charge in [-0.25, -0.2) is 0 Å². The molecule has 1 heterocycles. The molecule has 1 amide bonds. The Labute approximate surface area is 93.9 Å². The third-order valence-corrected chi connectivity index (χ3v) is 2.83. The van der Waals surface area contributed by atoms with Crippen molar-refractivity contribution < 1.29 is 4.79 Å². The van der Waals surface area contributed by atoms with Crippen molar-refractivity contribution in [2.45, 2.75) is 6.92 Å². The molecule has 0 unspecified atom stereocenters. The summed E-state index contributed by atoms with van der Waals surface area (Å²) in [7, 11) is 1.78. The summed E-state index contributed by atoms with van der Waals surface area (Å²) in [5.74, 6) is 5.71. The van der Waals surface area contributed by atoms with E-state index in [9.17, 15) is 4.79 Å². The maximum Gasteiger partial charge on any atom is 0.254 e. The first-order valence-electron chi connectivity index (χ1n) is 4.72. The minimum Gasteiger partial charge on any atom is -0.342 e. The van der Waals surface area contributed by atoms with Gasteiger partial charge in [0.25, 0.3) is 5.91 Å². The molecule has 0 spiro atoms. The van der Waals surface area contributed by atoms with Crippen molar-refractivity contribution in [3.63, 3.8) is 0 Å². The number of hydrogen-bond acceptors (Lipinski definition) is 3. The Morgan fingerprint density at radius 1 is 1.67 bits per heavy atom. The predicted octanol–water partition coefficient (Wildman–Crippen LogP) is 1.15. The normalized spacial score (nSPS) is 9.27. The minimum absolute atomic E-state index is 0.0366. The van der Waals surface area contributed by atoms with E-state index in [0.717, 1.165) is 4.88 Å². The molecule has 80 valence electrons. The highest BCUT2D eigenvalue weighted by molar-refractivity contribution is 7.10. The second-order valence-electron chi connectivity index (χ2n) is 3.02. The lowest BCUT2D eigenvalue weighted by Crippen LogP contribution is -2.25. The fraction of sp³-hybridized carbons (Fsp3) is 0.364. The van der Waals surface area contributed by atoms with Crippen LogP contribution >= 0.6 is 11.3 Å². The Bertz CT molecular complexity index is 400. The second-order valence-corrected chi connectivity index (χ2v) is 3.94. The van der Waals surface area contributed by atoms with Crippen molar-refractivity contribution in [3.05, 3.63) is 21.9 Å². The maximum atomic E-state index is 11.7. The summed E-state index contributed by atoms with van der Waals surface area (Å²) < 4.78 is 0. The van der Waals surface area contributed by atoms with Crippen LogP contribution in [0.4, 0.5) is 0 Å². The van der Waals surface area contributed by atoms with Crippen molar-refractivity contribution in [3.8, 4) is 11.8 Å². The largest absolute Gasteiger partial charge is 0.342 e. The van der Waals surface area contributed by atoms with Gasteiger partial charge in [-0.1, -0.05) is 11.8 Å². The lowest BCUT2D eigenvalue weighted by atomic mass is 10.3. The molecule has 0 atom stereocenters. The Hall–Kier alpha value is -1.31. The zero-order chi connectivity index (χ0) is 11.3. The molecule has 2 N–H and O–H groups in total. The van der Waals surface area contributed by atoms with Gasteiger partial charge in [0.05, 0.1) is 17.0 Å². The van der Waals surface area contributed by atoms with Gasteiger partial charge in [0.1, 0.15) is 0 Å². The lowest BCUT2D eigenvalue weighted by molar-refractivity contribution is 0.0803. The van der Waals surface area contributed by atoms with E-state index in [1.54, 1.807) is 11.9 Å². The van der Waals surface area contributed by atoms with Crippen molar-refractivity contribution in [2.24, 2.45) is 5.73 Å². The summed E-state index contributed by atoms with van der Waals surface area (Å²) in [4.78, 5) is 14.3. The summed E-state index contributed by atoms with van der Waals surface area (Å²) in [5.41, 5.74) is 5.97. The lowest BCUT2D eigenvalue weighted by Gasteiger charge is -2.12. The molecule has 1 aromatic heterocycles. The van der Waals surface area contributed by atoms with Crippen LogP contribution in [-0.2, 0) is 0 Å². The Morgan fingerprint density at radius 3 is 3.00 bits per heavy atom. The van der Waals surface area contributed by atoms with Crippen LogP contribution in [0.25, 0.3) is 0 Å². The van der Waals surface area contributed by atoms with Crippen molar-refractivity contribution >= 4 is 17.2 Å². The minimum atomic E-state index is 0.0366. The highest BCUT2D eigenvalue weighted by Crippen LogP contribution is 2.14. The number of rotatable bonds is 2. The fourth-order valence-corrected chi connectivity index (χ4v) is 1.76. The summed E-state index contributed by atoms with van der Waals surface area (Å²) in [6.07, 6.45) is 0. The van der Waals surface area contributed by atoms with Gasteiger partial charge in [-0.3, -0.25) is 4.79 Å². The molecular formula is C11H14N2OS. The summed E-state index contributed by atoms with van der Waals surface area (Å²) >= 11 is 1.47. The van der Waals surface area contributed by atoms with Gasteiger partial charge < -0.3 is 10.6 Å². The van der Waals surface area contributed by atoms with Crippen LogP contribution in [0.1, 0.15) is 22.2 Å². The van der Waals surface area contributed by atoms with Gasteiger partial charge in [0.15, 0.2) is 0 Å². The van der Waals surface area contributed by atoms with E-state index in [1.807, 2.05) is 18.4 Å². The highest BCUT2D eigenvalue weighted by Gasteiger charge is 2.11. The molecule has 0 aliphatic heterocycles. The number of amides is 1. The Morgan fingerprint density at radius 2 is 2.40 bits per heavy atom. The van der Waals surface area contributed by atoms with E-state index >= 15 is 0 Å². The second kappa shape index (κ2) is 5.54. The average molecular weight is 222 g/mol. The predicted molar refractivity (Wildman–Crippen MR) is 62.9 cm³/mol. The summed E-state index contributed by atoms with van der Waals surface area (Å²) in [6, 6.07) is 1.81. The third-order valence-electron chi connectivity index (χ3n) is 1.98. The first kappa shape index (κ1) is 11.8. The molecule has 0 aromatic carbocycles. The smallest absolute Gasteiger partial charge is 0.254 e. The molecule has 15 heavy (non-hydrogen) atoms. The van der Waals surface area contributed by atoms with Gasteiger partial charge >= 0.3 is 0 Å². The Kier molecular flexibility index (Phi) is 4.35. The molecule has 0 aliphatic carbocycles. The van der Waals surface area contributed by atoms with Crippen molar-refractivity contribution in [2.75, 3.05) is 20.1 Å². The molecule has 0 bridgehead atoms. The molecule has 0 radical (unpaired) electrons. The van der Waals surface area contributed by atoms with Gasteiger partial charge in [0.2, 0.25) is 0 Å². The number of thiophene rings is 1. The molecule has 0 fully saturated rings. The standard InChI is InChI=1S/C11H14N2OS/c1-3-13(2)11(14)9-7-10(15-8-9)5-4-6-12/h7-8H,3,6,12H2,1-2H3. The SMILES string of the molecule is CCN(C)C(=O)c1csc(C#CCN)c1. The van der Waals surface area contributed by atoms with E-state index in [0.29, 0.717) is 18.7 Å². The van der Waals surface area contributed by atoms with Crippen molar-refractivity contribution in [1.29, 1.82) is 0 Å². The van der Waals surface area contributed by atoms with Crippen LogP contribution in [0.3, 0.4) is 0 Å². The van der Waals surface area contributed by atoms with Crippen LogP contribution < -0.4 is 5.73 Å². The third kappa shape index (κ3) is 3.08. The molecule has 0 saturated heterocycles. The van der Waals surface area contributed by atoms with Crippen LogP contribution in [0.5, 0.6) is 0 Å². The van der Waals surface area contributed by atoms with Crippen LogP contribution in [-0.4, -0.2) is 30.9 Å². The number of hydrogen-bond donors (Lipinski definition) is 1. The van der Waals surface area contributed by atoms with E-state index in [2.05, 4.69) is 11.8 Å². The van der Waals surface area contributed by atoms with E-state index < -0.39 is 0 Å². The highest BCUT2D eigenvalue weighted by atomic mass is 32.1. The van der Waals surface area contributed by atoms with Gasteiger partial charge in [0, 0.05) is 19.0 Å². The van der Waals surface area contributed by atoms with Crippen LogP contribution in [0.2, 0.25) is 0 Å². The molecular weight excluding hydrogens is 208 g/mol. The number of carbonyl (C=O) groups is 1. The summed E-state index contributed by atoms with van der Waals surface area (Å²) in [6.45, 7) is 2.99. The molecule has 0 saturated carbocycles.